The molecule has 2 aromatic carbocycles. The Morgan fingerprint density at radius 3 is 2.63 bits per heavy atom. The summed E-state index contributed by atoms with van der Waals surface area (Å²) in [6.07, 6.45) is 0.636. The minimum absolute atomic E-state index is 0.208. The van der Waals surface area contributed by atoms with Crippen LogP contribution < -0.4 is 10.2 Å². The molecule has 0 fully saturated rings. The van der Waals surface area contributed by atoms with Gasteiger partial charge in [-0.05, 0) is 31.0 Å². The Labute approximate surface area is 173 Å². The number of imide groups is 1. The number of rotatable bonds is 1. The van der Waals surface area contributed by atoms with Gasteiger partial charge in [-0.25, -0.2) is 9.69 Å². The fourth-order valence-corrected chi connectivity index (χ4v) is 4.98. The van der Waals surface area contributed by atoms with E-state index in [9.17, 15) is 14.4 Å². The number of nitrogens with zero attached hydrogens (tertiary/aromatic N) is 2. The van der Waals surface area contributed by atoms with Gasteiger partial charge in [-0.2, -0.15) is 0 Å². The molecular formula is C23H22N4O3. The second-order valence-electron chi connectivity index (χ2n) is 7.65. The van der Waals surface area contributed by atoms with E-state index in [-0.39, 0.29) is 5.91 Å². The Kier molecular flexibility index (Phi) is 3.96. The highest BCUT2D eigenvalue weighted by Crippen LogP contribution is 2.51. The second kappa shape index (κ2) is 6.45. The smallest absolute Gasteiger partial charge is 0.328 e. The van der Waals surface area contributed by atoms with Crippen molar-refractivity contribution in [2.75, 3.05) is 18.0 Å². The lowest BCUT2D eigenvalue weighted by molar-refractivity contribution is -0.143. The van der Waals surface area contributed by atoms with Crippen LogP contribution >= 0.6 is 0 Å². The Bertz CT molecular complexity index is 1210. The summed E-state index contributed by atoms with van der Waals surface area (Å²) in [5.41, 5.74) is 2.36. The van der Waals surface area contributed by atoms with Crippen molar-refractivity contribution >= 4 is 34.4 Å². The van der Waals surface area contributed by atoms with Crippen molar-refractivity contribution < 1.29 is 14.4 Å². The standard InChI is InChI=1S/C23H22N4O3/c1-3-24-22(30)27-19-11-7-5-9-17(19)23(21(27)29)20-16(12-13-26(23)14(2)28)15-8-4-6-10-18(15)25-20/h4-11,25H,3,12-13H2,1-2H3,(H,24,30)/t23-/m0/s1. The first-order valence-corrected chi connectivity index (χ1v) is 10.1. The van der Waals surface area contributed by atoms with Crippen molar-refractivity contribution in [3.05, 3.63) is 65.4 Å². The normalized spacial score (nSPS) is 19.9. The van der Waals surface area contributed by atoms with Gasteiger partial charge in [0.25, 0.3) is 5.91 Å². The zero-order chi connectivity index (χ0) is 21.0. The molecule has 30 heavy (non-hydrogen) atoms. The molecule has 4 amide bonds. The van der Waals surface area contributed by atoms with Gasteiger partial charge in [-0.3, -0.25) is 9.59 Å². The van der Waals surface area contributed by atoms with Crippen molar-refractivity contribution in [2.45, 2.75) is 25.8 Å². The van der Waals surface area contributed by atoms with E-state index in [1.807, 2.05) is 36.4 Å². The lowest BCUT2D eigenvalue weighted by Crippen LogP contribution is -2.60. The van der Waals surface area contributed by atoms with Gasteiger partial charge in [0.2, 0.25) is 5.91 Å². The average Bonchev–Trinajstić information content (AvgIpc) is 3.23. The van der Waals surface area contributed by atoms with E-state index in [4.69, 9.17) is 0 Å². The molecule has 1 aromatic heterocycles. The Morgan fingerprint density at radius 2 is 1.87 bits per heavy atom. The third-order valence-electron chi connectivity index (χ3n) is 6.12. The van der Waals surface area contributed by atoms with E-state index in [0.29, 0.717) is 36.5 Å². The summed E-state index contributed by atoms with van der Waals surface area (Å²) in [5.74, 6) is -0.641. The Balaban J connectivity index is 1.86. The minimum atomic E-state index is -1.39. The number of carbonyl (C=O) groups is 3. The maximum absolute atomic E-state index is 14.1. The highest BCUT2D eigenvalue weighted by atomic mass is 16.2. The number of anilines is 1. The van der Waals surface area contributed by atoms with Crippen LogP contribution in [-0.2, 0) is 21.5 Å². The summed E-state index contributed by atoms with van der Waals surface area (Å²) < 4.78 is 0. The van der Waals surface area contributed by atoms with Crippen LogP contribution in [0, 0.1) is 0 Å². The predicted molar refractivity (Wildman–Crippen MR) is 113 cm³/mol. The van der Waals surface area contributed by atoms with Gasteiger partial charge in [0.1, 0.15) is 0 Å². The SMILES string of the molecule is CCNC(=O)N1C(=O)[C@]2(c3ccccc31)c1[nH]c3ccccc3c1CCN2C(C)=O. The number of hydrogen-bond donors (Lipinski definition) is 2. The molecule has 7 heteroatoms. The van der Waals surface area contributed by atoms with Crippen LogP contribution in [0.1, 0.15) is 30.7 Å². The minimum Gasteiger partial charge on any atom is -0.355 e. The summed E-state index contributed by atoms with van der Waals surface area (Å²) in [7, 11) is 0. The van der Waals surface area contributed by atoms with Crippen molar-refractivity contribution in [2.24, 2.45) is 0 Å². The molecule has 2 aliphatic heterocycles. The lowest BCUT2D eigenvalue weighted by atomic mass is 9.80. The fourth-order valence-electron chi connectivity index (χ4n) is 4.98. The molecule has 0 saturated heterocycles. The van der Waals surface area contributed by atoms with Crippen molar-refractivity contribution in [1.29, 1.82) is 0 Å². The number of amides is 4. The van der Waals surface area contributed by atoms with E-state index in [0.717, 1.165) is 16.5 Å². The molecule has 3 heterocycles. The molecule has 0 unspecified atom stereocenters. The zero-order valence-electron chi connectivity index (χ0n) is 16.9. The van der Waals surface area contributed by atoms with E-state index >= 15 is 0 Å². The van der Waals surface area contributed by atoms with Crippen LogP contribution in [0.4, 0.5) is 10.5 Å². The number of hydrogen-bond acceptors (Lipinski definition) is 3. The van der Waals surface area contributed by atoms with Gasteiger partial charge in [0.05, 0.1) is 11.4 Å². The van der Waals surface area contributed by atoms with Gasteiger partial charge >= 0.3 is 6.03 Å². The summed E-state index contributed by atoms with van der Waals surface area (Å²) in [6.45, 7) is 4.07. The molecule has 0 radical (unpaired) electrons. The third-order valence-corrected chi connectivity index (χ3v) is 6.12. The Hall–Kier alpha value is -3.61. The molecule has 1 spiro atoms. The lowest BCUT2D eigenvalue weighted by Gasteiger charge is -2.43. The van der Waals surface area contributed by atoms with E-state index < -0.39 is 17.5 Å². The molecular weight excluding hydrogens is 380 g/mol. The maximum Gasteiger partial charge on any atom is 0.328 e. The van der Waals surface area contributed by atoms with E-state index in [2.05, 4.69) is 10.3 Å². The molecule has 152 valence electrons. The summed E-state index contributed by atoms with van der Waals surface area (Å²) in [6, 6.07) is 14.6. The number of H-pyrrole nitrogens is 1. The highest BCUT2D eigenvalue weighted by Gasteiger charge is 2.61. The molecule has 0 aliphatic carbocycles. The van der Waals surface area contributed by atoms with Gasteiger partial charge < -0.3 is 15.2 Å². The number of urea groups is 1. The number of nitrogens with one attached hydrogen (secondary N) is 2. The first-order chi connectivity index (χ1) is 14.5. The molecule has 3 aromatic rings. The number of para-hydroxylation sites is 2. The van der Waals surface area contributed by atoms with Gasteiger partial charge in [0, 0.05) is 36.5 Å². The van der Waals surface area contributed by atoms with Gasteiger partial charge in [-0.1, -0.05) is 36.4 Å². The second-order valence-corrected chi connectivity index (χ2v) is 7.65. The average molecular weight is 402 g/mol. The van der Waals surface area contributed by atoms with E-state index in [1.165, 1.54) is 11.8 Å². The monoisotopic (exact) mass is 402 g/mol. The third kappa shape index (κ3) is 2.17. The van der Waals surface area contributed by atoms with Gasteiger partial charge in [-0.15, -0.1) is 0 Å². The van der Waals surface area contributed by atoms with Crippen LogP contribution in [0.15, 0.2) is 48.5 Å². The van der Waals surface area contributed by atoms with Gasteiger partial charge in [0.15, 0.2) is 5.54 Å². The number of aromatic amines is 1. The van der Waals surface area contributed by atoms with Crippen molar-refractivity contribution in [3.63, 3.8) is 0 Å². The fraction of sp³-hybridized carbons (Fsp3) is 0.261. The van der Waals surface area contributed by atoms with Crippen molar-refractivity contribution in [3.8, 4) is 0 Å². The highest BCUT2D eigenvalue weighted by molar-refractivity contribution is 6.24. The molecule has 5 rings (SSSR count). The molecule has 1 atom stereocenters. The zero-order valence-corrected chi connectivity index (χ0v) is 16.9. The predicted octanol–water partition coefficient (Wildman–Crippen LogP) is 2.89. The largest absolute Gasteiger partial charge is 0.355 e. The molecule has 2 aliphatic rings. The topological polar surface area (TPSA) is 85.5 Å². The molecule has 2 N–H and O–H groups in total. The maximum atomic E-state index is 14.1. The number of carbonyl (C=O) groups excluding carboxylic acids is 3. The summed E-state index contributed by atoms with van der Waals surface area (Å²) in [5, 5.41) is 3.77. The van der Waals surface area contributed by atoms with E-state index in [1.54, 1.807) is 24.0 Å². The van der Waals surface area contributed by atoms with Crippen LogP contribution in [0.5, 0.6) is 0 Å². The number of fused-ring (bicyclic) bond motifs is 6. The first kappa shape index (κ1) is 18.4. The molecule has 7 nitrogen and oxygen atoms in total. The van der Waals surface area contributed by atoms with Crippen LogP contribution in [0.25, 0.3) is 10.9 Å². The summed E-state index contributed by atoms with van der Waals surface area (Å²) >= 11 is 0. The van der Waals surface area contributed by atoms with Crippen LogP contribution in [0.2, 0.25) is 0 Å². The quantitative estimate of drug-likeness (QED) is 0.656. The molecule has 0 saturated carbocycles. The molecule has 0 bridgehead atoms. The number of aromatic nitrogens is 1. The first-order valence-electron chi connectivity index (χ1n) is 10.1. The number of benzene rings is 2. The summed E-state index contributed by atoms with van der Waals surface area (Å²) in [4.78, 5) is 45.9. The van der Waals surface area contributed by atoms with Crippen LogP contribution in [-0.4, -0.2) is 40.8 Å². The Morgan fingerprint density at radius 1 is 1.13 bits per heavy atom. The van der Waals surface area contributed by atoms with Crippen molar-refractivity contribution in [1.82, 2.24) is 15.2 Å². The van der Waals surface area contributed by atoms with Crippen LogP contribution in [0.3, 0.4) is 0 Å².